The number of aryl methyl sites for hydroxylation is 1. The average molecular weight is 281 g/mol. The maximum absolute atomic E-state index is 5.55. The predicted molar refractivity (Wildman–Crippen MR) is 88.2 cm³/mol. The van der Waals surface area contributed by atoms with Crippen LogP contribution in [0.25, 0.3) is 0 Å². The van der Waals surface area contributed by atoms with Gasteiger partial charge in [-0.2, -0.15) is 0 Å². The van der Waals surface area contributed by atoms with Crippen molar-refractivity contribution >= 4 is 5.69 Å². The van der Waals surface area contributed by atoms with E-state index in [1.807, 2.05) is 19.1 Å². The number of nitrogens with one attached hydrogen (secondary N) is 1. The molecule has 1 N–H and O–H groups in total. The van der Waals surface area contributed by atoms with Gasteiger partial charge in [-0.15, -0.1) is 0 Å². The van der Waals surface area contributed by atoms with Crippen molar-refractivity contribution in [3.8, 4) is 5.75 Å². The van der Waals surface area contributed by atoms with E-state index in [2.05, 4.69) is 41.7 Å². The first-order valence-electron chi connectivity index (χ1n) is 7.91. The van der Waals surface area contributed by atoms with Gasteiger partial charge in [-0.1, -0.05) is 30.3 Å². The van der Waals surface area contributed by atoms with Crippen LogP contribution in [0.1, 0.15) is 36.8 Å². The molecule has 0 fully saturated rings. The molecule has 2 aromatic carbocycles. The van der Waals surface area contributed by atoms with Crippen LogP contribution < -0.4 is 10.1 Å². The molecular weight excluding hydrogens is 258 g/mol. The van der Waals surface area contributed by atoms with Crippen molar-refractivity contribution in [1.82, 2.24) is 0 Å². The Morgan fingerprint density at radius 3 is 2.95 bits per heavy atom. The summed E-state index contributed by atoms with van der Waals surface area (Å²) in [7, 11) is 0. The number of hydrogen-bond donors (Lipinski definition) is 1. The summed E-state index contributed by atoms with van der Waals surface area (Å²) < 4.78 is 5.55. The smallest absolute Gasteiger partial charge is 0.121 e. The van der Waals surface area contributed by atoms with Crippen molar-refractivity contribution in [2.75, 3.05) is 18.5 Å². The molecule has 3 rings (SSSR count). The second kappa shape index (κ2) is 6.66. The lowest BCUT2D eigenvalue weighted by Crippen LogP contribution is -2.18. The molecule has 110 valence electrons. The molecule has 0 aromatic heterocycles. The van der Waals surface area contributed by atoms with Crippen LogP contribution in [0.2, 0.25) is 0 Å². The van der Waals surface area contributed by atoms with Crippen LogP contribution in [0.15, 0.2) is 48.5 Å². The number of hydrogen-bond acceptors (Lipinski definition) is 2. The van der Waals surface area contributed by atoms with Crippen molar-refractivity contribution in [3.05, 3.63) is 59.7 Å². The molecule has 0 heterocycles. The van der Waals surface area contributed by atoms with Gasteiger partial charge in [-0.3, -0.25) is 0 Å². The number of rotatable bonds is 5. The molecule has 0 radical (unpaired) electrons. The van der Waals surface area contributed by atoms with E-state index < -0.39 is 0 Å². The minimum absolute atomic E-state index is 0.616. The van der Waals surface area contributed by atoms with E-state index in [-0.39, 0.29) is 0 Å². The van der Waals surface area contributed by atoms with Crippen molar-refractivity contribution < 1.29 is 4.74 Å². The molecule has 1 unspecified atom stereocenters. The zero-order chi connectivity index (χ0) is 14.5. The Bertz CT molecular complexity index is 594. The van der Waals surface area contributed by atoms with Gasteiger partial charge < -0.3 is 10.1 Å². The molecule has 1 atom stereocenters. The van der Waals surface area contributed by atoms with Gasteiger partial charge in [0.05, 0.1) is 6.61 Å². The number of fused-ring (bicyclic) bond motifs is 1. The first kappa shape index (κ1) is 14.0. The van der Waals surface area contributed by atoms with Gasteiger partial charge in [-0.05, 0) is 49.4 Å². The van der Waals surface area contributed by atoms with Crippen LogP contribution in [0.3, 0.4) is 0 Å². The third-order valence-corrected chi connectivity index (χ3v) is 4.19. The minimum Gasteiger partial charge on any atom is -0.494 e. The highest BCUT2D eigenvalue weighted by Gasteiger charge is 2.19. The van der Waals surface area contributed by atoms with E-state index in [1.54, 1.807) is 0 Å². The molecule has 2 nitrogen and oxygen atoms in total. The van der Waals surface area contributed by atoms with Crippen LogP contribution in [-0.4, -0.2) is 13.2 Å². The Hall–Kier alpha value is -1.96. The van der Waals surface area contributed by atoms with E-state index in [4.69, 9.17) is 4.74 Å². The summed E-state index contributed by atoms with van der Waals surface area (Å²) in [5.74, 6) is 1.55. The molecule has 0 bridgehead atoms. The Labute approximate surface area is 127 Å². The second-order valence-electron chi connectivity index (χ2n) is 5.63. The fraction of sp³-hybridized carbons (Fsp3) is 0.368. The number of ether oxygens (including phenoxy) is 1. The quantitative estimate of drug-likeness (QED) is 0.863. The van der Waals surface area contributed by atoms with Crippen molar-refractivity contribution in [2.24, 2.45) is 0 Å². The Morgan fingerprint density at radius 2 is 2.05 bits per heavy atom. The molecule has 1 aliphatic carbocycles. The summed E-state index contributed by atoms with van der Waals surface area (Å²) >= 11 is 0. The van der Waals surface area contributed by atoms with Gasteiger partial charge in [0.2, 0.25) is 0 Å². The summed E-state index contributed by atoms with van der Waals surface area (Å²) in [5.41, 5.74) is 4.19. The molecule has 0 amide bonds. The van der Waals surface area contributed by atoms with Gasteiger partial charge in [-0.25, -0.2) is 0 Å². The maximum Gasteiger partial charge on any atom is 0.121 e. The monoisotopic (exact) mass is 281 g/mol. The summed E-state index contributed by atoms with van der Waals surface area (Å²) in [5, 5.41) is 3.57. The number of benzene rings is 2. The highest BCUT2D eigenvalue weighted by molar-refractivity contribution is 5.48. The van der Waals surface area contributed by atoms with Gasteiger partial charge in [0.1, 0.15) is 5.75 Å². The zero-order valence-electron chi connectivity index (χ0n) is 12.6. The van der Waals surface area contributed by atoms with Gasteiger partial charge >= 0.3 is 0 Å². The topological polar surface area (TPSA) is 21.3 Å². The Balaban J connectivity index is 1.67. The minimum atomic E-state index is 0.616. The SMILES string of the molecule is CCOc1cccc(NCC2CCCc3ccccc32)c1. The largest absolute Gasteiger partial charge is 0.494 e. The fourth-order valence-corrected chi connectivity index (χ4v) is 3.17. The lowest BCUT2D eigenvalue weighted by Gasteiger charge is -2.26. The van der Waals surface area contributed by atoms with Crippen LogP contribution in [0.5, 0.6) is 5.75 Å². The standard InChI is InChI=1S/C19H23NO/c1-2-21-18-11-6-10-17(13-18)20-14-16-9-5-8-15-7-3-4-12-19(15)16/h3-4,6-7,10-13,16,20H,2,5,8-9,14H2,1H3. The summed E-state index contributed by atoms with van der Waals surface area (Å²) in [6.45, 7) is 3.71. The van der Waals surface area contributed by atoms with Gasteiger partial charge in [0.25, 0.3) is 0 Å². The van der Waals surface area contributed by atoms with E-state index in [0.717, 1.165) is 18.0 Å². The second-order valence-corrected chi connectivity index (χ2v) is 5.63. The van der Waals surface area contributed by atoms with Gasteiger partial charge in [0.15, 0.2) is 0 Å². The van der Waals surface area contributed by atoms with Crippen LogP contribution in [0, 0.1) is 0 Å². The third-order valence-electron chi connectivity index (χ3n) is 4.19. The zero-order valence-corrected chi connectivity index (χ0v) is 12.6. The normalized spacial score (nSPS) is 17.1. The van der Waals surface area contributed by atoms with E-state index >= 15 is 0 Å². The molecule has 0 saturated carbocycles. The average Bonchev–Trinajstić information content (AvgIpc) is 2.53. The molecule has 0 saturated heterocycles. The Morgan fingerprint density at radius 1 is 1.14 bits per heavy atom. The first-order valence-corrected chi connectivity index (χ1v) is 7.91. The molecule has 2 heteroatoms. The molecule has 0 aliphatic heterocycles. The summed E-state index contributed by atoms with van der Waals surface area (Å²) in [4.78, 5) is 0. The summed E-state index contributed by atoms with van der Waals surface area (Å²) in [6.07, 6.45) is 3.80. The van der Waals surface area contributed by atoms with Crippen molar-refractivity contribution in [1.29, 1.82) is 0 Å². The van der Waals surface area contributed by atoms with Gasteiger partial charge in [0, 0.05) is 24.2 Å². The lowest BCUT2D eigenvalue weighted by molar-refractivity contribution is 0.340. The first-order chi connectivity index (χ1) is 10.4. The van der Waals surface area contributed by atoms with Crippen LogP contribution in [0.4, 0.5) is 5.69 Å². The third kappa shape index (κ3) is 3.38. The molecule has 0 spiro atoms. The molecule has 2 aromatic rings. The van der Waals surface area contributed by atoms with Crippen LogP contribution >= 0.6 is 0 Å². The highest BCUT2D eigenvalue weighted by atomic mass is 16.5. The summed E-state index contributed by atoms with van der Waals surface area (Å²) in [6, 6.07) is 17.1. The lowest BCUT2D eigenvalue weighted by atomic mass is 9.83. The fourth-order valence-electron chi connectivity index (χ4n) is 3.17. The Kier molecular flexibility index (Phi) is 4.44. The molecular formula is C19H23NO. The number of anilines is 1. The van der Waals surface area contributed by atoms with Crippen molar-refractivity contribution in [3.63, 3.8) is 0 Å². The van der Waals surface area contributed by atoms with E-state index in [1.165, 1.54) is 30.4 Å². The van der Waals surface area contributed by atoms with E-state index in [9.17, 15) is 0 Å². The van der Waals surface area contributed by atoms with Crippen LogP contribution in [-0.2, 0) is 6.42 Å². The predicted octanol–water partition coefficient (Wildman–Crippen LogP) is 4.62. The maximum atomic E-state index is 5.55. The highest BCUT2D eigenvalue weighted by Crippen LogP contribution is 2.31. The van der Waals surface area contributed by atoms with Crippen molar-refractivity contribution in [2.45, 2.75) is 32.1 Å². The molecule has 1 aliphatic rings. The molecule has 21 heavy (non-hydrogen) atoms. The van der Waals surface area contributed by atoms with E-state index in [0.29, 0.717) is 12.5 Å².